The minimum atomic E-state index is -0.195. The molecule has 17 heavy (non-hydrogen) atoms. The number of hydrogen-bond donors (Lipinski definition) is 1. The molecular weight excluding hydrogens is 218 g/mol. The molecule has 0 aromatic heterocycles. The smallest absolute Gasteiger partial charge is 0.107 e. The van der Waals surface area contributed by atoms with E-state index in [1.165, 1.54) is 25.7 Å². The monoisotopic (exact) mass is 239 g/mol. The third-order valence-corrected chi connectivity index (χ3v) is 3.88. The van der Waals surface area contributed by atoms with Crippen LogP contribution < -0.4 is 0 Å². The summed E-state index contributed by atoms with van der Waals surface area (Å²) in [5.41, 5.74) is 0. The van der Waals surface area contributed by atoms with E-state index >= 15 is 0 Å². The first kappa shape index (κ1) is 12.8. The number of hydrogen-bond acceptors (Lipinski definition) is 4. The highest BCUT2D eigenvalue weighted by Crippen LogP contribution is 2.36. The molecule has 2 rings (SSSR count). The molecule has 1 aliphatic carbocycles. The second-order valence-corrected chi connectivity index (χ2v) is 4.99. The normalized spacial score (nSPS) is 34.0. The first-order chi connectivity index (χ1) is 8.35. The lowest BCUT2D eigenvalue weighted by atomic mass is 9.97. The molecule has 1 aliphatic heterocycles. The summed E-state index contributed by atoms with van der Waals surface area (Å²) in [5, 5.41) is 17.8. The largest absolute Gasteiger partial charge is 0.394 e. The van der Waals surface area contributed by atoms with Gasteiger partial charge in [0.15, 0.2) is 0 Å². The number of nitriles is 1. The molecule has 96 valence electrons. The summed E-state index contributed by atoms with van der Waals surface area (Å²) in [6.45, 7) is 0.457. The summed E-state index contributed by atoms with van der Waals surface area (Å²) < 4.78 is 11.5. The van der Waals surface area contributed by atoms with Crippen LogP contribution >= 0.6 is 0 Å². The highest BCUT2D eigenvalue weighted by atomic mass is 16.6. The van der Waals surface area contributed by atoms with Crippen LogP contribution in [0.1, 0.15) is 38.5 Å². The van der Waals surface area contributed by atoms with Gasteiger partial charge < -0.3 is 14.6 Å². The van der Waals surface area contributed by atoms with E-state index in [9.17, 15) is 5.11 Å². The molecule has 0 amide bonds. The third kappa shape index (κ3) is 3.19. The molecular formula is C13H21NO3. The first-order valence-corrected chi connectivity index (χ1v) is 6.60. The minimum absolute atomic E-state index is 0.0143. The lowest BCUT2D eigenvalue weighted by molar-refractivity contribution is -0.0551. The van der Waals surface area contributed by atoms with Gasteiger partial charge in [-0.1, -0.05) is 12.8 Å². The topological polar surface area (TPSA) is 62.5 Å². The van der Waals surface area contributed by atoms with Gasteiger partial charge in [-0.25, -0.2) is 0 Å². The number of ether oxygens (including phenoxy) is 2. The third-order valence-electron chi connectivity index (χ3n) is 3.88. The quantitative estimate of drug-likeness (QED) is 0.741. The highest BCUT2D eigenvalue weighted by Gasteiger charge is 2.39. The summed E-state index contributed by atoms with van der Waals surface area (Å²) in [5.74, 6) is 0.647. The first-order valence-electron chi connectivity index (χ1n) is 6.60. The Kier molecular flexibility index (Phi) is 4.78. The zero-order chi connectivity index (χ0) is 12.1. The number of rotatable bonds is 5. The summed E-state index contributed by atoms with van der Waals surface area (Å²) in [4.78, 5) is 0. The van der Waals surface area contributed by atoms with Crippen LogP contribution in [0.2, 0.25) is 0 Å². The van der Waals surface area contributed by atoms with E-state index in [0.29, 0.717) is 18.9 Å². The van der Waals surface area contributed by atoms with Crippen molar-refractivity contribution in [3.63, 3.8) is 0 Å². The molecule has 2 aliphatic rings. The summed E-state index contributed by atoms with van der Waals surface area (Å²) in [7, 11) is 0. The maximum Gasteiger partial charge on any atom is 0.107 e. The number of aliphatic hydroxyl groups excluding tert-OH is 1. The molecule has 3 atom stereocenters. The number of aliphatic hydroxyl groups is 1. The van der Waals surface area contributed by atoms with E-state index in [-0.39, 0.29) is 24.9 Å². The Morgan fingerprint density at radius 2 is 2.12 bits per heavy atom. The Balaban J connectivity index is 1.82. The Morgan fingerprint density at radius 1 is 1.35 bits per heavy atom. The molecule has 0 radical (unpaired) electrons. The van der Waals surface area contributed by atoms with Gasteiger partial charge in [-0.15, -0.1) is 0 Å². The van der Waals surface area contributed by atoms with Crippen LogP contribution in [0.4, 0.5) is 0 Å². The van der Waals surface area contributed by atoms with Gasteiger partial charge in [-0.05, 0) is 18.8 Å². The van der Waals surface area contributed by atoms with Crippen molar-refractivity contribution >= 4 is 0 Å². The predicted molar refractivity (Wildman–Crippen MR) is 62.3 cm³/mol. The standard InChI is InChI=1S/C13H21NO3/c14-6-3-7-16-12-8-11(17-13(12)9-15)10-4-1-2-5-10/h10-13,15H,1-5,7-9H2/t11-,12?,13-/m1/s1. The lowest BCUT2D eigenvalue weighted by Gasteiger charge is -2.17. The van der Waals surface area contributed by atoms with Crippen molar-refractivity contribution in [3.8, 4) is 6.07 Å². The fourth-order valence-electron chi connectivity index (χ4n) is 2.97. The minimum Gasteiger partial charge on any atom is -0.394 e. The van der Waals surface area contributed by atoms with Gasteiger partial charge in [-0.3, -0.25) is 0 Å². The van der Waals surface area contributed by atoms with E-state index in [1.54, 1.807) is 0 Å². The van der Waals surface area contributed by atoms with Crippen LogP contribution in [0.15, 0.2) is 0 Å². The second kappa shape index (κ2) is 6.34. The second-order valence-electron chi connectivity index (χ2n) is 4.99. The highest BCUT2D eigenvalue weighted by molar-refractivity contribution is 4.88. The zero-order valence-electron chi connectivity index (χ0n) is 10.2. The number of nitrogens with zero attached hydrogens (tertiary/aromatic N) is 1. The predicted octanol–water partition coefficient (Wildman–Crippen LogP) is 1.63. The van der Waals surface area contributed by atoms with Gasteiger partial charge in [-0.2, -0.15) is 5.26 Å². The molecule has 1 saturated carbocycles. The molecule has 1 heterocycles. The van der Waals surface area contributed by atoms with Gasteiger partial charge in [0.25, 0.3) is 0 Å². The average Bonchev–Trinajstić information content (AvgIpc) is 2.97. The van der Waals surface area contributed by atoms with E-state index in [0.717, 1.165) is 6.42 Å². The fraction of sp³-hybridized carbons (Fsp3) is 0.923. The van der Waals surface area contributed by atoms with Crippen LogP contribution in [-0.2, 0) is 9.47 Å². The van der Waals surface area contributed by atoms with Crippen LogP contribution in [-0.4, -0.2) is 36.6 Å². The fourth-order valence-corrected chi connectivity index (χ4v) is 2.97. The summed E-state index contributed by atoms with van der Waals surface area (Å²) >= 11 is 0. The van der Waals surface area contributed by atoms with Crippen LogP contribution in [0.5, 0.6) is 0 Å². The molecule has 0 aromatic rings. The van der Waals surface area contributed by atoms with Crippen molar-refractivity contribution in [1.29, 1.82) is 5.26 Å². The van der Waals surface area contributed by atoms with E-state index in [1.807, 2.05) is 0 Å². The maximum atomic E-state index is 9.28. The van der Waals surface area contributed by atoms with Crippen molar-refractivity contribution in [2.45, 2.75) is 56.8 Å². The zero-order valence-corrected chi connectivity index (χ0v) is 10.2. The summed E-state index contributed by atoms with van der Waals surface area (Å²) in [6.07, 6.45) is 6.40. The van der Waals surface area contributed by atoms with Gasteiger partial charge in [0.05, 0.1) is 37.9 Å². The molecule has 1 saturated heterocycles. The van der Waals surface area contributed by atoms with Gasteiger partial charge in [0.2, 0.25) is 0 Å². The van der Waals surface area contributed by atoms with Crippen molar-refractivity contribution in [1.82, 2.24) is 0 Å². The molecule has 4 nitrogen and oxygen atoms in total. The van der Waals surface area contributed by atoms with Gasteiger partial charge >= 0.3 is 0 Å². The SMILES string of the molecule is N#CCCOC1C[C@H](C2CCCC2)O[C@@H]1CO. The molecule has 2 fully saturated rings. The maximum absolute atomic E-state index is 9.28. The Bertz CT molecular complexity index is 270. The lowest BCUT2D eigenvalue weighted by Crippen LogP contribution is -2.28. The van der Waals surface area contributed by atoms with Crippen LogP contribution in [0.3, 0.4) is 0 Å². The van der Waals surface area contributed by atoms with E-state index in [4.69, 9.17) is 14.7 Å². The van der Waals surface area contributed by atoms with Crippen molar-refractivity contribution in [2.75, 3.05) is 13.2 Å². The summed E-state index contributed by atoms with van der Waals surface area (Å²) in [6, 6.07) is 2.06. The van der Waals surface area contributed by atoms with E-state index in [2.05, 4.69) is 6.07 Å². The molecule has 4 heteroatoms. The van der Waals surface area contributed by atoms with E-state index < -0.39 is 0 Å². The molecule has 0 spiro atoms. The molecule has 0 aromatic carbocycles. The van der Waals surface area contributed by atoms with Gasteiger partial charge in [0, 0.05) is 6.42 Å². The molecule has 1 N–H and O–H groups in total. The molecule has 0 bridgehead atoms. The Hall–Kier alpha value is -0.630. The van der Waals surface area contributed by atoms with Crippen LogP contribution in [0.25, 0.3) is 0 Å². The molecule has 1 unspecified atom stereocenters. The van der Waals surface area contributed by atoms with Crippen LogP contribution in [0, 0.1) is 17.2 Å². The Morgan fingerprint density at radius 3 is 2.76 bits per heavy atom. The van der Waals surface area contributed by atoms with Crippen molar-refractivity contribution in [3.05, 3.63) is 0 Å². The van der Waals surface area contributed by atoms with Crippen molar-refractivity contribution < 1.29 is 14.6 Å². The van der Waals surface area contributed by atoms with Gasteiger partial charge in [0.1, 0.15) is 6.10 Å². The van der Waals surface area contributed by atoms with Crippen molar-refractivity contribution in [2.24, 2.45) is 5.92 Å². The average molecular weight is 239 g/mol. The Labute approximate surface area is 103 Å².